The van der Waals surface area contributed by atoms with Crippen molar-refractivity contribution < 1.29 is 19.4 Å². The molecule has 0 amide bonds. The molecule has 158 valence electrons. The van der Waals surface area contributed by atoms with Crippen LogP contribution in [0.4, 0.5) is 0 Å². The average Bonchev–Trinajstić information content (AvgIpc) is 2.72. The van der Waals surface area contributed by atoms with Gasteiger partial charge in [-0.25, -0.2) is 9.97 Å². The van der Waals surface area contributed by atoms with Crippen molar-refractivity contribution in [3.63, 3.8) is 0 Å². The molecule has 2 aromatic rings. The quantitative estimate of drug-likeness (QED) is 0.618. The maximum absolute atomic E-state index is 12.9. The van der Waals surface area contributed by atoms with Crippen LogP contribution in [0.25, 0.3) is 0 Å². The summed E-state index contributed by atoms with van der Waals surface area (Å²) in [4.78, 5) is 21.2. The van der Waals surface area contributed by atoms with Crippen molar-refractivity contribution in [2.24, 2.45) is 5.92 Å². The van der Waals surface area contributed by atoms with Crippen molar-refractivity contribution in [3.8, 4) is 17.7 Å². The first kappa shape index (κ1) is 21.8. The molecule has 1 fully saturated rings. The molecule has 0 bridgehead atoms. The third-order valence-electron chi connectivity index (χ3n) is 5.12. The summed E-state index contributed by atoms with van der Waals surface area (Å²) in [6, 6.07) is 9.76. The number of hydrogen-bond donors (Lipinski definition) is 1. The van der Waals surface area contributed by atoms with Crippen LogP contribution in [0.3, 0.4) is 0 Å². The Morgan fingerprint density at radius 3 is 2.57 bits per heavy atom. The van der Waals surface area contributed by atoms with Crippen molar-refractivity contribution in [1.29, 1.82) is 0 Å². The number of ether oxygens (including phenoxy) is 2. The first-order valence-electron chi connectivity index (χ1n) is 10.1. The summed E-state index contributed by atoms with van der Waals surface area (Å²) in [6.45, 7) is 5.59. The molecule has 0 aliphatic heterocycles. The number of rotatable bonds is 3. The first-order chi connectivity index (χ1) is 14.2. The van der Waals surface area contributed by atoms with E-state index in [1.54, 1.807) is 0 Å². The van der Waals surface area contributed by atoms with E-state index in [4.69, 9.17) is 9.47 Å². The Kier molecular flexibility index (Phi) is 6.42. The predicted octanol–water partition coefficient (Wildman–Crippen LogP) is 3.49. The van der Waals surface area contributed by atoms with Gasteiger partial charge in [0.05, 0.1) is 13.0 Å². The van der Waals surface area contributed by atoms with Gasteiger partial charge in [0, 0.05) is 18.3 Å². The normalized spacial score (nSPS) is 23.8. The van der Waals surface area contributed by atoms with Gasteiger partial charge in [0.2, 0.25) is 5.88 Å². The molecular weight excluding hydrogens is 380 g/mol. The van der Waals surface area contributed by atoms with E-state index in [-0.39, 0.29) is 17.8 Å². The van der Waals surface area contributed by atoms with Crippen molar-refractivity contribution in [3.05, 3.63) is 54.0 Å². The molecule has 3 atom stereocenters. The number of carbonyl (C=O) groups is 1. The highest BCUT2D eigenvalue weighted by atomic mass is 16.6. The van der Waals surface area contributed by atoms with E-state index in [0.29, 0.717) is 30.8 Å². The SMILES string of the molecule is COc1nccnc1C#CC1(O)CC[C@@H](C(=O)OC(C)(C)C)[C@H](c2ccccc2)C1. The van der Waals surface area contributed by atoms with Gasteiger partial charge in [-0.3, -0.25) is 4.79 Å². The Morgan fingerprint density at radius 2 is 1.90 bits per heavy atom. The topological polar surface area (TPSA) is 81.5 Å². The van der Waals surface area contributed by atoms with Crippen LogP contribution in [-0.2, 0) is 9.53 Å². The van der Waals surface area contributed by atoms with Gasteiger partial charge in [-0.1, -0.05) is 36.3 Å². The second-order valence-electron chi connectivity index (χ2n) is 8.60. The molecule has 0 spiro atoms. The number of benzene rings is 1. The lowest BCUT2D eigenvalue weighted by Gasteiger charge is -2.39. The van der Waals surface area contributed by atoms with Gasteiger partial charge in [0.25, 0.3) is 0 Å². The molecule has 1 N–H and O–H groups in total. The van der Waals surface area contributed by atoms with Crippen molar-refractivity contribution in [2.45, 2.75) is 57.2 Å². The molecule has 1 unspecified atom stereocenters. The third kappa shape index (κ3) is 5.37. The second-order valence-corrected chi connectivity index (χ2v) is 8.60. The van der Waals surface area contributed by atoms with Gasteiger partial charge in [-0.15, -0.1) is 0 Å². The van der Waals surface area contributed by atoms with Crippen molar-refractivity contribution in [2.75, 3.05) is 7.11 Å². The molecule has 3 rings (SSSR count). The minimum atomic E-state index is -1.25. The zero-order valence-electron chi connectivity index (χ0n) is 17.9. The molecule has 30 heavy (non-hydrogen) atoms. The third-order valence-corrected chi connectivity index (χ3v) is 5.12. The smallest absolute Gasteiger partial charge is 0.310 e. The lowest BCUT2D eigenvalue weighted by atomic mass is 9.69. The van der Waals surface area contributed by atoms with Gasteiger partial charge in [0.1, 0.15) is 11.2 Å². The van der Waals surface area contributed by atoms with Crippen LogP contribution in [0.1, 0.15) is 57.2 Å². The second kappa shape index (κ2) is 8.85. The molecule has 1 aromatic heterocycles. The van der Waals surface area contributed by atoms with E-state index >= 15 is 0 Å². The van der Waals surface area contributed by atoms with Gasteiger partial charge < -0.3 is 14.6 Å². The minimum Gasteiger partial charge on any atom is -0.479 e. The number of aromatic nitrogens is 2. The lowest BCUT2D eigenvalue weighted by Crippen LogP contribution is -2.41. The highest BCUT2D eigenvalue weighted by Gasteiger charge is 2.43. The van der Waals surface area contributed by atoms with E-state index in [9.17, 15) is 9.90 Å². The number of aliphatic hydroxyl groups is 1. The van der Waals surface area contributed by atoms with Crippen LogP contribution in [0, 0.1) is 17.8 Å². The summed E-state index contributed by atoms with van der Waals surface area (Å²) in [5.41, 5.74) is -0.444. The Bertz CT molecular complexity index is 943. The molecule has 1 aromatic carbocycles. The fraction of sp³-hybridized carbons (Fsp3) is 0.458. The van der Waals surface area contributed by atoms with Gasteiger partial charge in [-0.05, 0) is 51.5 Å². The molecule has 6 heteroatoms. The fourth-order valence-corrected chi connectivity index (χ4v) is 3.76. The Morgan fingerprint density at radius 1 is 1.20 bits per heavy atom. The molecule has 0 radical (unpaired) electrons. The van der Waals surface area contributed by atoms with E-state index in [0.717, 1.165) is 5.56 Å². The zero-order chi connectivity index (χ0) is 21.8. The lowest BCUT2D eigenvalue weighted by molar-refractivity contribution is -0.163. The standard InChI is InChI=1S/C24H28N2O4/c1-23(2,3)30-22(27)18-10-12-24(28,16-19(18)17-8-6-5-7-9-17)13-11-20-21(29-4)26-15-14-25-20/h5-9,14-15,18-19,28H,10,12,16H2,1-4H3/t18-,19+,24?/m1/s1. The number of carbonyl (C=O) groups excluding carboxylic acids is 1. The van der Waals surface area contributed by atoms with Crippen molar-refractivity contribution >= 4 is 5.97 Å². The van der Waals surface area contributed by atoms with E-state index in [1.165, 1.54) is 19.5 Å². The summed E-state index contributed by atoms with van der Waals surface area (Å²) in [5, 5.41) is 11.2. The Balaban J connectivity index is 1.89. The molecule has 0 saturated heterocycles. The predicted molar refractivity (Wildman–Crippen MR) is 113 cm³/mol. The summed E-state index contributed by atoms with van der Waals surface area (Å²) < 4.78 is 10.8. The Hall–Kier alpha value is -2.91. The van der Waals surface area contributed by atoms with Gasteiger partial charge in [0.15, 0.2) is 5.69 Å². The first-order valence-corrected chi connectivity index (χ1v) is 10.1. The molecule has 1 saturated carbocycles. The molecule has 1 aliphatic rings. The van der Waals surface area contributed by atoms with Crippen LogP contribution in [0.15, 0.2) is 42.7 Å². The maximum Gasteiger partial charge on any atom is 0.310 e. The van der Waals surface area contributed by atoms with E-state index in [1.807, 2.05) is 51.1 Å². The van der Waals surface area contributed by atoms with Crippen LogP contribution in [0.2, 0.25) is 0 Å². The molecule has 6 nitrogen and oxygen atoms in total. The number of methoxy groups -OCH3 is 1. The molecular formula is C24H28N2O4. The Labute approximate surface area is 177 Å². The van der Waals surface area contributed by atoms with Gasteiger partial charge >= 0.3 is 5.97 Å². The van der Waals surface area contributed by atoms with E-state index < -0.39 is 11.2 Å². The monoisotopic (exact) mass is 408 g/mol. The summed E-state index contributed by atoms with van der Waals surface area (Å²) in [7, 11) is 1.50. The molecule has 1 heterocycles. The zero-order valence-corrected chi connectivity index (χ0v) is 17.9. The number of hydrogen-bond acceptors (Lipinski definition) is 6. The highest BCUT2D eigenvalue weighted by molar-refractivity contribution is 5.74. The minimum absolute atomic E-state index is 0.196. The average molecular weight is 408 g/mol. The number of nitrogens with zero attached hydrogens (tertiary/aromatic N) is 2. The fourth-order valence-electron chi connectivity index (χ4n) is 3.76. The van der Waals surface area contributed by atoms with Gasteiger partial charge in [-0.2, -0.15) is 0 Å². The van der Waals surface area contributed by atoms with Crippen LogP contribution < -0.4 is 4.74 Å². The van der Waals surface area contributed by atoms with Crippen LogP contribution in [0.5, 0.6) is 5.88 Å². The van der Waals surface area contributed by atoms with Crippen LogP contribution >= 0.6 is 0 Å². The largest absolute Gasteiger partial charge is 0.479 e. The molecule has 1 aliphatic carbocycles. The van der Waals surface area contributed by atoms with Crippen molar-refractivity contribution in [1.82, 2.24) is 9.97 Å². The summed E-state index contributed by atoms with van der Waals surface area (Å²) >= 11 is 0. The number of esters is 1. The van der Waals surface area contributed by atoms with Crippen LogP contribution in [-0.4, -0.2) is 39.4 Å². The highest BCUT2D eigenvalue weighted by Crippen LogP contribution is 2.43. The van der Waals surface area contributed by atoms with E-state index in [2.05, 4.69) is 21.8 Å². The summed E-state index contributed by atoms with van der Waals surface area (Å²) in [6.07, 6.45) is 4.24. The summed E-state index contributed by atoms with van der Waals surface area (Å²) in [5.74, 6) is 5.43. The maximum atomic E-state index is 12.9.